The summed E-state index contributed by atoms with van der Waals surface area (Å²) in [5, 5.41) is 9.78. The highest BCUT2D eigenvalue weighted by Gasteiger charge is 2.08. The topological polar surface area (TPSA) is 53.2 Å². The maximum atomic E-state index is 11.5. The summed E-state index contributed by atoms with van der Waals surface area (Å²) in [6.07, 6.45) is 4.35. The summed E-state index contributed by atoms with van der Waals surface area (Å²) in [6.45, 7) is 12.3. The average molecular weight is 271 g/mol. The molecule has 0 aromatic rings. The van der Waals surface area contributed by atoms with Crippen LogP contribution in [0.15, 0.2) is 0 Å². The predicted molar refractivity (Wildman–Crippen MR) is 82.3 cm³/mol. The van der Waals surface area contributed by atoms with Crippen LogP contribution in [0, 0.1) is 5.92 Å². The molecule has 0 bridgehead atoms. The lowest BCUT2D eigenvalue weighted by Crippen LogP contribution is -2.32. The summed E-state index contributed by atoms with van der Waals surface area (Å²) >= 11 is 0. The van der Waals surface area contributed by atoms with Crippen LogP contribution in [0.4, 0.5) is 0 Å². The number of hydrogen-bond acceptors (Lipinski definition) is 3. The minimum Gasteiger partial charge on any atom is -0.356 e. The summed E-state index contributed by atoms with van der Waals surface area (Å²) in [6, 6.07) is 0.566. The largest absolute Gasteiger partial charge is 0.356 e. The number of nitrogens with one attached hydrogen (secondary N) is 3. The monoisotopic (exact) mass is 271 g/mol. The van der Waals surface area contributed by atoms with Crippen molar-refractivity contribution in [3.8, 4) is 0 Å². The molecule has 1 amide bonds. The standard InChI is InChI=1S/C15H33N3O/c1-5-14(4)15(19)18-10-8-6-7-9-16-11-12-17-13(2)3/h13-14,16-17H,5-12H2,1-4H3,(H,18,19). The zero-order valence-electron chi connectivity index (χ0n) is 13.2. The van der Waals surface area contributed by atoms with Gasteiger partial charge < -0.3 is 16.0 Å². The van der Waals surface area contributed by atoms with Crippen molar-refractivity contribution in [2.75, 3.05) is 26.2 Å². The van der Waals surface area contributed by atoms with Crippen LogP contribution in [0.1, 0.15) is 53.4 Å². The molecule has 114 valence electrons. The summed E-state index contributed by atoms with van der Waals surface area (Å²) in [5.41, 5.74) is 0. The lowest BCUT2D eigenvalue weighted by atomic mass is 10.1. The van der Waals surface area contributed by atoms with Gasteiger partial charge in [-0.3, -0.25) is 4.79 Å². The van der Waals surface area contributed by atoms with Crippen molar-refractivity contribution in [2.45, 2.75) is 59.4 Å². The number of carbonyl (C=O) groups excluding carboxylic acids is 1. The molecule has 4 nitrogen and oxygen atoms in total. The molecule has 0 spiro atoms. The molecule has 0 rings (SSSR count). The van der Waals surface area contributed by atoms with Gasteiger partial charge in [-0.2, -0.15) is 0 Å². The van der Waals surface area contributed by atoms with Crippen molar-refractivity contribution in [3.05, 3.63) is 0 Å². The maximum absolute atomic E-state index is 11.5. The van der Waals surface area contributed by atoms with E-state index in [1.807, 2.05) is 13.8 Å². The molecule has 0 aromatic carbocycles. The van der Waals surface area contributed by atoms with Crippen LogP contribution in [0.5, 0.6) is 0 Å². The average Bonchev–Trinajstić information content (AvgIpc) is 2.39. The van der Waals surface area contributed by atoms with Gasteiger partial charge >= 0.3 is 0 Å². The quantitative estimate of drug-likeness (QED) is 0.475. The van der Waals surface area contributed by atoms with Gasteiger partial charge in [0.2, 0.25) is 5.91 Å². The molecule has 0 aliphatic heterocycles. The van der Waals surface area contributed by atoms with Gasteiger partial charge in [-0.15, -0.1) is 0 Å². The van der Waals surface area contributed by atoms with Gasteiger partial charge in [0.05, 0.1) is 0 Å². The van der Waals surface area contributed by atoms with Gasteiger partial charge in [0, 0.05) is 31.6 Å². The highest BCUT2D eigenvalue weighted by atomic mass is 16.1. The Kier molecular flexibility index (Phi) is 12.0. The Balaban J connectivity index is 3.17. The van der Waals surface area contributed by atoms with E-state index in [4.69, 9.17) is 0 Å². The van der Waals surface area contributed by atoms with Gasteiger partial charge in [-0.05, 0) is 25.8 Å². The fraction of sp³-hybridized carbons (Fsp3) is 0.933. The lowest BCUT2D eigenvalue weighted by molar-refractivity contribution is -0.124. The minimum atomic E-state index is 0.148. The molecule has 0 fully saturated rings. The fourth-order valence-electron chi connectivity index (χ4n) is 1.70. The Morgan fingerprint density at radius 1 is 0.947 bits per heavy atom. The summed E-state index contributed by atoms with van der Waals surface area (Å²) in [5.74, 6) is 0.343. The molecule has 1 unspecified atom stereocenters. The van der Waals surface area contributed by atoms with Gasteiger partial charge in [0.15, 0.2) is 0 Å². The van der Waals surface area contributed by atoms with E-state index < -0.39 is 0 Å². The first kappa shape index (κ1) is 18.4. The first-order valence-electron chi connectivity index (χ1n) is 7.79. The molecule has 4 heteroatoms. The molecule has 0 saturated heterocycles. The Hall–Kier alpha value is -0.610. The van der Waals surface area contributed by atoms with Crippen LogP contribution in [0.2, 0.25) is 0 Å². The number of carbonyl (C=O) groups is 1. The highest BCUT2D eigenvalue weighted by molar-refractivity contribution is 5.78. The molecule has 0 aliphatic rings. The minimum absolute atomic E-state index is 0.148. The summed E-state index contributed by atoms with van der Waals surface area (Å²) in [4.78, 5) is 11.5. The molecule has 19 heavy (non-hydrogen) atoms. The SMILES string of the molecule is CCC(C)C(=O)NCCCCCNCCNC(C)C. The van der Waals surface area contributed by atoms with Crippen molar-refractivity contribution < 1.29 is 4.79 Å². The predicted octanol–water partition coefficient (Wildman–Crippen LogP) is 1.91. The summed E-state index contributed by atoms with van der Waals surface area (Å²) in [7, 11) is 0. The zero-order valence-corrected chi connectivity index (χ0v) is 13.2. The number of unbranched alkanes of at least 4 members (excludes halogenated alkanes) is 2. The molecule has 0 heterocycles. The van der Waals surface area contributed by atoms with Crippen molar-refractivity contribution in [1.82, 2.24) is 16.0 Å². The number of hydrogen-bond donors (Lipinski definition) is 3. The zero-order chi connectivity index (χ0) is 14.5. The number of rotatable bonds is 12. The van der Waals surface area contributed by atoms with E-state index in [9.17, 15) is 4.79 Å². The van der Waals surface area contributed by atoms with E-state index >= 15 is 0 Å². The third-order valence-electron chi connectivity index (χ3n) is 3.24. The van der Waals surface area contributed by atoms with Crippen LogP contribution in [0.3, 0.4) is 0 Å². The number of amides is 1. The van der Waals surface area contributed by atoms with Crippen LogP contribution in [-0.2, 0) is 4.79 Å². The lowest BCUT2D eigenvalue weighted by Gasteiger charge is -2.10. The maximum Gasteiger partial charge on any atom is 0.222 e. The first-order chi connectivity index (χ1) is 9.07. The molecule has 1 atom stereocenters. The van der Waals surface area contributed by atoms with E-state index in [1.165, 1.54) is 12.8 Å². The van der Waals surface area contributed by atoms with E-state index in [1.54, 1.807) is 0 Å². The van der Waals surface area contributed by atoms with Crippen LogP contribution < -0.4 is 16.0 Å². The second-order valence-electron chi connectivity index (χ2n) is 5.52. The van der Waals surface area contributed by atoms with E-state index in [0.717, 1.165) is 39.0 Å². The third kappa shape index (κ3) is 12.2. The Morgan fingerprint density at radius 2 is 1.63 bits per heavy atom. The van der Waals surface area contributed by atoms with Crippen LogP contribution >= 0.6 is 0 Å². The fourth-order valence-corrected chi connectivity index (χ4v) is 1.70. The van der Waals surface area contributed by atoms with Gasteiger partial charge in [-0.1, -0.05) is 34.1 Å². The van der Waals surface area contributed by atoms with Gasteiger partial charge in [-0.25, -0.2) is 0 Å². The van der Waals surface area contributed by atoms with Crippen molar-refractivity contribution in [3.63, 3.8) is 0 Å². The first-order valence-corrected chi connectivity index (χ1v) is 7.79. The molecule has 0 aliphatic carbocycles. The Bertz CT molecular complexity index is 219. The Labute approximate surface area is 119 Å². The normalized spacial score (nSPS) is 12.7. The van der Waals surface area contributed by atoms with Gasteiger partial charge in [0.1, 0.15) is 0 Å². The van der Waals surface area contributed by atoms with Crippen LogP contribution in [-0.4, -0.2) is 38.1 Å². The Morgan fingerprint density at radius 3 is 2.26 bits per heavy atom. The van der Waals surface area contributed by atoms with Gasteiger partial charge in [0.25, 0.3) is 0 Å². The highest BCUT2D eigenvalue weighted by Crippen LogP contribution is 2.00. The van der Waals surface area contributed by atoms with Crippen molar-refractivity contribution in [1.29, 1.82) is 0 Å². The molecular formula is C15H33N3O. The third-order valence-corrected chi connectivity index (χ3v) is 3.24. The van der Waals surface area contributed by atoms with Crippen molar-refractivity contribution in [2.24, 2.45) is 5.92 Å². The smallest absolute Gasteiger partial charge is 0.222 e. The summed E-state index contributed by atoms with van der Waals surface area (Å²) < 4.78 is 0. The van der Waals surface area contributed by atoms with Crippen molar-refractivity contribution >= 4 is 5.91 Å². The van der Waals surface area contributed by atoms with E-state index in [2.05, 4.69) is 29.8 Å². The second-order valence-corrected chi connectivity index (χ2v) is 5.52. The van der Waals surface area contributed by atoms with E-state index in [0.29, 0.717) is 6.04 Å². The molecule has 0 aromatic heterocycles. The molecule has 0 radical (unpaired) electrons. The van der Waals surface area contributed by atoms with Crippen LogP contribution in [0.25, 0.3) is 0 Å². The molecule has 3 N–H and O–H groups in total. The molecule has 0 saturated carbocycles. The molecular weight excluding hydrogens is 238 g/mol. The van der Waals surface area contributed by atoms with E-state index in [-0.39, 0.29) is 11.8 Å². The second kappa shape index (κ2) is 12.4.